The highest BCUT2D eigenvalue weighted by atomic mass is 16.3. The van der Waals surface area contributed by atoms with Gasteiger partial charge in [0.1, 0.15) is 5.82 Å². The molecule has 78 valence electrons. The highest BCUT2D eigenvalue weighted by molar-refractivity contribution is 5.46. The number of anilines is 1. The molecule has 0 amide bonds. The summed E-state index contributed by atoms with van der Waals surface area (Å²) in [5.41, 5.74) is 0.524. The summed E-state index contributed by atoms with van der Waals surface area (Å²) in [4.78, 5) is 5.85. The van der Waals surface area contributed by atoms with Gasteiger partial charge in [0.05, 0.1) is 23.8 Å². The summed E-state index contributed by atoms with van der Waals surface area (Å²) in [6.45, 7) is 0.700. The molecule has 2 heterocycles. The van der Waals surface area contributed by atoms with Crippen LogP contribution in [-0.4, -0.2) is 40.5 Å². The minimum Gasteiger partial charge on any atom is -0.389 e. The van der Waals surface area contributed by atoms with E-state index in [1.807, 2.05) is 6.07 Å². The van der Waals surface area contributed by atoms with Gasteiger partial charge in [0.2, 0.25) is 0 Å². The van der Waals surface area contributed by atoms with Crippen molar-refractivity contribution in [2.45, 2.75) is 12.2 Å². The van der Waals surface area contributed by atoms with Gasteiger partial charge in [0.15, 0.2) is 0 Å². The van der Waals surface area contributed by atoms with Crippen LogP contribution in [0, 0.1) is 11.3 Å². The lowest BCUT2D eigenvalue weighted by molar-refractivity contribution is 0.0572. The predicted octanol–water partition coefficient (Wildman–Crippen LogP) is -0.505. The van der Waals surface area contributed by atoms with Gasteiger partial charge in [-0.3, -0.25) is 0 Å². The smallest absolute Gasteiger partial charge is 0.129 e. The first-order valence-electron chi connectivity index (χ1n) is 4.68. The Morgan fingerprint density at radius 2 is 2.07 bits per heavy atom. The molecule has 0 saturated carbocycles. The third kappa shape index (κ3) is 1.91. The average molecular weight is 205 g/mol. The Hall–Kier alpha value is -1.64. The first-order chi connectivity index (χ1) is 7.20. The zero-order valence-corrected chi connectivity index (χ0v) is 8.04. The van der Waals surface area contributed by atoms with Crippen LogP contribution in [0.15, 0.2) is 18.3 Å². The van der Waals surface area contributed by atoms with Crippen LogP contribution >= 0.6 is 0 Å². The molecule has 2 N–H and O–H groups in total. The number of hydrogen-bond donors (Lipinski definition) is 2. The quantitative estimate of drug-likeness (QED) is 0.645. The molecule has 0 aliphatic carbocycles. The van der Waals surface area contributed by atoms with Crippen LogP contribution in [0.5, 0.6) is 0 Å². The van der Waals surface area contributed by atoms with Crippen LogP contribution in [0.1, 0.15) is 5.56 Å². The maximum absolute atomic E-state index is 9.37. The van der Waals surface area contributed by atoms with E-state index in [9.17, 15) is 10.2 Å². The SMILES string of the molecule is N#Cc1ccnc(N2CC(O)C(O)C2)c1. The molecule has 0 bridgehead atoms. The Kier molecular flexibility index (Phi) is 2.54. The zero-order chi connectivity index (χ0) is 10.8. The zero-order valence-electron chi connectivity index (χ0n) is 8.04. The highest BCUT2D eigenvalue weighted by Crippen LogP contribution is 2.18. The second kappa shape index (κ2) is 3.85. The Balaban J connectivity index is 2.21. The molecule has 5 nitrogen and oxygen atoms in total. The second-order valence-electron chi connectivity index (χ2n) is 3.55. The highest BCUT2D eigenvalue weighted by Gasteiger charge is 2.30. The lowest BCUT2D eigenvalue weighted by Gasteiger charge is -2.15. The lowest BCUT2D eigenvalue weighted by atomic mass is 10.3. The van der Waals surface area contributed by atoms with Crippen LogP contribution in [0.4, 0.5) is 5.82 Å². The standard InChI is InChI=1S/C10H11N3O2/c11-4-7-1-2-12-10(3-7)13-5-8(14)9(15)6-13/h1-3,8-9,14-15H,5-6H2. The molecule has 1 aromatic rings. The van der Waals surface area contributed by atoms with Crippen molar-refractivity contribution < 1.29 is 10.2 Å². The second-order valence-corrected chi connectivity index (χ2v) is 3.55. The van der Waals surface area contributed by atoms with Gasteiger partial charge in [-0.15, -0.1) is 0 Å². The molecule has 5 heteroatoms. The number of nitrogens with zero attached hydrogens (tertiary/aromatic N) is 3. The average Bonchev–Trinajstić information content (AvgIpc) is 2.59. The number of nitriles is 1. The van der Waals surface area contributed by atoms with Gasteiger partial charge in [-0.05, 0) is 12.1 Å². The first kappa shape index (κ1) is 9.90. The van der Waals surface area contributed by atoms with Crippen molar-refractivity contribution in [3.8, 4) is 6.07 Å². The molecule has 2 unspecified atom stereocenters. The monoisotopic (exact) mass is 205 g/mol. The number of β-amino-alcohol motifs (C(OH)–C–C–N with tert-alkyl or cyclic N) is 2. The minimum atomic E-state index is -0.738. The molecule has 0 aromatic carbocycles. The molecule has 1 aromatic heterocycles. The van der Waals surface area contributed by atoms with E-state index in [4.69, 9.17) is 5.26 Å². The fourth-order valence-electron chi connectivity index (χ4n) is 1.62. The molecule has 0 radical (unpaired) electrons. The third-order valence-electron chi connectivity index (χ3n) is 2.46. The van der Waals surface area contributed by atoms with E-state index in [1.54, 1.807) is 23.2 Å². The Morgan fingerprint density at radius 1 is 1.40 bits per heavy atom. The summed E-state index contributed by atoms with van der Waals surface area (Å²) < 4.78 is 0. The normalized spacial score (nSPS) is 25.3. The summed E-state index contributed by atoms with van der Waals surface area (Å²) in [5, 5.41) is 27.5. The van der Waals surface area contributed by atoms with Crippen molar-refractivity contribution in [3.63, 3.8) is 0 Å². The maximum atomic E-state index is 9.37. The molecule has 15 heavy (non-hydrogen) atoms. The van der Waals surface area contributed by atoms with Gasteiger partial charge >= 0.3 is 0 Å². The fraction of sp³-hybridized carbons (Fsp3) is 0.400. The summed E-state index contributed by atoms with van der Waals surface area (Å²) in [6.07, 6.45) is 0.0698. The minimum absolute atomic E-state index is 0.350. The van der Waals surface area contributed by atoms with Crippen molar-refractivity contribution in [2.75, 3.05) is 18.0 Å². The Morgan fingerprint density at radius 3 is 2.67 bits per heavy atom. The van der Waals surface area contributed by atoms with Crippen LogP contribution in [-0.2, 0) is 0 Å². The van der Waals surface area contributed by atoms with Crippen molar-refractivity contribution in [1.29, 1.82) is 5.26 Å². The van der Waals surface area contributed by atoms with Crippen LogP contribution < -0.4 is 4.90 Å². The largest absolute Gasteiger partial charge is 0.389 e. The van der Waals surface area contributed by atoms with Crippen LogP contribution in [0.25, 0.3) is 0 Å². The van der Waals surface area contributed by atoms with Crippen molar-refractivity contribution >= 4 is 5.82 Å². The van der Waals surface area contributed by atoms with Gasteiger partial charge in [0.25, 0.3) is 0 Å². The van der Waals surface area contributed by atoms with Crippen LogP contribution in [0.3, 0.4) is 0 Å². The van der Waals surface area contributed by atoms with Crippen molar-refractivity contribution in [2.24, 2.45) is 0 Å². The molecule has 1 saturated heterocycles. The number of aromatic nitrogens is 1. The molecule has 1 aliphatic rings. The number of aliphatic hydroxyl groups excluding tert-OH is 2. The van der Waals surface area contributed by atoms with Crippen molar-refractivity contribution in [1.82, 2.24) is 4.98 Å². The topological polar surface area (TPSA) is 80.4 Å². The molecule has 2 rings (SSSR count). The van der Waals surface area contributed by atoms with Gasteiger partial charge in [-0.25, -0.2) is 4.98 Å². The van der Waals surface area contributed by atoms with E-state index in [1.165, 1.54) is 0 Å². The van der Waals surface area contributed by atoms with E-state index in [-0.39, 0.29) is 0 Å². The molecular formula is C10H11N3O2. The number of hydrogen-bond acceptors (Lipinski definition) is 5. The first-order valence-corrected chi connectivity index (χ1v) is 4.68. The number of aliphatic hydroxyl groups is 2. The van der Waals surface area contributed by atoms with E-state index >= 15 is 0 Å². The van der Waals surface area contributed by atoms with E-state index < -0.39 is 12.2 Å². The molecular weight excluding hydrogens is 194 g/mol. The predicted molar refractivity (Wildman–Crippen MR) is 53.2 cm³/mol. The molecule has 1 aliphatic heterocycles. The maximum Gasteiger partial charge on any atom is 0.129 e. The van der Waals surface area contributed by atoms with E-state index in [0.717, 1.165) is 0 Å². The summed E-state index contributed by atoms with van der Waals surface area (Å²) in [5.74, 6) is 0.615. The van der Waals surface area contributed by atoms with E-state index in [0.29, 0.717) is 24.5 Å². The van der Waals surface area contributed by atoms with E-state index in [2.05, 4.69) is 4.98 Å². The fourth-order valence-corrected chi connectivity index (χ4v) is 1.62. The lowest BCUT2D eigenvalue weighted by Crippen LogP contribution is -2.22. The molecule has 1 fully saturated rings. The summed E-state index contributed by atoms with van der Waals surface area (Å²) in [6, 6.07) is 5.28. The van der Waals surface area contributed by atoms with Crippen LogP contribution in [0.2, 0.25) is 0 Å². The van der Waals surface area contributed by atoms with Gasteiger partial charge in [0, 0.05) is 19.3 Å². The summed E-state index contributed by atoms with van der Waals surface area (Å²) in [7, 11) is 0. The van der Waals surface area contributed by atoms with Gasteiger partial charge < -0.3 is 15.1 Å². The summed E-state index contributed by atoms with van der Waals surface area (Å²) >= 11 is 0. The Bertz CT molecular complexity index is 392. The van der Waals surface area contributed by atoms with Gasteiger partial charge in [-0.1, -0.05) is 0 Å². The molecule has 2 atom stereocenters. The van der Waals surface area contributed by atoms with Crippen molar-refractivity contribution in [3.05, 3.63) is 23.9 Å². The third-order valence-corrected chi connectivity index (χ3v) is 2.46. The number of pyridine rings is 1. The number of rotatable bonds is 1. The Labute approximate surface area is 87.2 Å². The van der Waals surface area contributed by atoms with Gasteiger partial charge in [-0.2, -0.15) is 5.26 Å². The molecule has 0 spiro atoms.